The van der Waals surface area contributed by atoms with Gasteiger partial charge in [0.05, 0.1) is 11.4 Å². The highest BCUT2D eigenvalue weighted by Crippen LogP contribution is 2.30. The normalized spacial score (nSPS) is 11.3. The number of hydrogen-bond acceptors (Lipinski definition) is 4. The van der Waals surface area contributed by atoms with E-state index in [0.717, 1.165) is 22.6 Å². The molecule has 3 aromatic rings. The smallest absolute Gasteiger partial charge is 0.194 e. The van der Waals surface area contributed by atoms with Gasteiger partial charge in [0.25, 0.3) is 0 Å². The van der Waals surface area contributed by atoms with Gasteiger partial charge in [0.15, 0.2) is 4.96 Å². The average Bonchev–Trinajstić information content (AvgIpc) is 2.90. The van der Waals surface area contributed by atoms with Crippen molar-refractivity contribution in [1.82, 2.24) is 14.4 Å². The van der Waals surface area contributed by atoms with Crippen molar-refractivity contribution >= 4 is 16.3 Å². The van der Waals surface area contributed by atoms with Crippen molar-refractivity contribution in [3.8, 4) is 11.3 Å². The van der Waals surface area contributed by atoms with E-state index in [1.165, 1.54) is 16.3 Å². The monoisotopic (exact) mass is 272 g/mol. The first kappa shape index (κ1) is 12.3. The average molecular weight is 272 g/mol. The molecule has 0 spiro atoms. The summed E-state index contributed by atoms with van der Waals surface area (Å²) in [4.78, 5) is 11.3. The number of aryl methyl sites for hydroxylation is 2. The Morgan fingerprint density at radius 1 is 1.37 bits per heavy atom. The number of nitrogens with two attached hydrogens (primary N) is 1. The molecule has 3 rings (SSSR count). The summed E-state index contributed by atoms with van der Waals surface area (Å²) < 4.78 is 2.23. The Balaban J connectivity index is 2.28. The second-order valence-electron chi connectivity index (χ2n) is 4.55. The minimum absolute atomic E-state index is 0.620. The fraction of sp³-hybridized carbons (Fsp3) is 0.286. The summed E-state index contributed by atoms with van der Waals surface area (Å²) in [6.07, 6.45) is 4.46. The highest BCUT2D eigenvalue weighted by Gasteiger charge is 2.17. The van der Waals surface area contributed by atoms with Gasteiger partial charge in [0.1, 0.15) is 0 Å². The van der Waals surface area contributed by atoms with Gasteiger partial charge >= 0.3 is 0 Å². The minimum Gasteiger partial charge on any atom is -0.330 e. The van der Waals surface area contributed by atoms with Crippen LogP contribution in [0.3, 0.4) is 0 Å². The van der Waals surface area contributed by atoms with Crippen LogP contribution in [0.1, 0.15) is 16.3 Å². The second kappa shape index (κ2) is 4.75. The third-order valence-corrected chi connectivity index (χ3v) is 4.41. The molecule has 0 unspecified atom stereocenters. The molecule has 0 aliphatic rings. The molecule has 0 atom stereocenters. The summed E-state index contributed by atoms with van der Waals surface area (Å²) >= 11 is 1.72. The standard InChI is InChI=1S/C14H16N4S/c1-9-10(2)19-14-17-13(11-4-3-7-16-8-11)12(5-6-15)18(9)14/h3-4,7-8H,5-6,15H2,1-2H3. The van der Waals surface area contributed by atoms with Crippen molar-refractivity contribution in [3.05, 3.63) is 40.8 Å². The molecule has 0 radical (unpaired) electrons. The third kappa shape index (κ3) is 1.95. The molecular formula is C14H16N4S. The van der Waals surface area contributed by atoms with Crippen LogP contribution < -0.4 is 5.73 Å². The van der Waals surface area contributed by atoms with E-state index in [1.54, 1.807) is 17.5 Å². The van der Waals surface area contributed by atoms with E-state index in [-0.39, 0.29) is 0 Å². The first-order valence-electron chi connectivity index (χ1n) is 6.30. The first-order chi connectivity index (χ1) is 9.22. The molecular weight excluding hydrogens is 256 g/mol. The fourth-order valence-corrected chi connectivity index (χ4v) is 3.30. The van der Waals surface area contributed by atoms with Crippen molar-refractivity contribution in [2.75, 3.05) is 6.54 Å². The van der Waals surface area contributed by atoms with Gasteiger partial charge in [-0.2, -0.15) is 0 Å². The molecule has 0 saturated carbocycles. The molecule has 0 fully saturated rings. The first-order valence-corrected chi connectivity index (χ1v) is 7.11. The lowest BCUT2D eigenvalue weighted by Gasteiger charge is -2.04. The number of imidazole rings is 1. The molecule has 0 aromatic carbocycles. The SMILES string of the molecule is Cc1sc2nc(-c3cccnc3)c(CCN)n2c1C. The van der Waals surface area contributed by atoms with Gasteiger partial charge in [0.2, 0.25) is 0 Å². The van der Waals surface area contributed by atoms with Crippen LogP contribution in [0.15, 0.2) is 24.5 Å². The number of aromatic nitrogens is 3. The maximum absolute atomic E-state index is 5.76. The molecule has 3 heterocycles. The Morgan fingerprint density at radius 3 is 2.89 bits per heavy atom. The molecule has 0 aliphatic heterocycles. The van der Waals surface area contributed by atoms with Crippen molar-refractivity contribution in [2.45, 2.75) is 20.3 Å². The van der Waals surface area contributed by atoms with E-state index < -0.39 is 0 Å². The lowest BCUT2D eigenvalue weighted by atomic mass is 10.1. The van der Waals surface area contributed by atoms with Crippen LogP contribution in [0.25, 0.3) is 16.2 Å². The quantitative estimate of drug-likeness (QED) is 0.797. The van der Waals surface area contributed by atoms with E-state index in [9.17, 15) is 0 Å². The summed E-state index contributed by atoms with van der Waals surface area (Å²) in [5.74, 6) is 0. The van der Waals surface area contributed by atoms with Gasteiger partial charge in [-0.25, -0.2) is 4.98 Å². The van der Waals surface area contributed by atoms with Crippen molar-refractivity contribution in [2.24, 2.45) is 5.73 Å². The predicted octanol–water partition coefficient (Wildman–Crippen LogP) is 2.58. The number of nitrogens with zero attached hydrogens (tertiary/aromatic N) is 3. The molecule has 19 heavy (non-hydrogen) atoms. The van der Waals surface area contributed by atoms with Crippen LogP contribution in [0.5, 0.6) is 0 Å². The van der Waals surface area contributed by atoms with Gasteiger partial charge in [-0.05, 0) is 32.5 Å². The number of fused-ring (bicyclic) bond motifs is 1. The number of pyridine rings is 1. The van der Waals surface area contributed by atoms with E-state index in [1.807, 2.05) is 18.3 Å². The van der Waals surface area contributed by atoms with Crippen molar-refractivity contribution in [1.29, 1.82) is 0 Å². The molecule has 0 saturated heterocycles. The topological polar surface area (TPSA) is 56.2 Å². The Hall–Kier alpha value is -1.72. The second-order valence-corrected chi connectivity index (χ2v) is 5.73. The zero-order valence-corrected chi connectivity index (χ0v) is 11.9. The number of hydrogen-bond donors (Lipinski definition) is 1. The minimum atomic E-state index is 0.620. The molecule has 4 nitrogen and oxygen atoms in total. The lowest BCUT2D eigenvalue weighted by Crippen LogP contribution is -2.06. The van der Waals surface area contributed by atoms with E-state index in [4.69, 9.17) is 10.7 Å². The van der Waals surface area contributed by atoms with Crippen LogP contribution in [-0.2, 0) is 6.42 Å². The molecule has 0 aliphatic carbocycles. The van der Waals surface area contributed by atoms with E-state index >= 15 is 0 Å². The molecule has 2 N–H and O–H groups in total. The number of thiazole rings is 1. The summed E-state index contributed by atoms with van der Waals surface area (Å²) in [6.45, 7) is 4.88. The van der Waals surface area contributed by atoms with E-state index in [2.05, 4.69) is 23.2 Å². The third-order valence-electron chi connectivity index (χ3n) is 3.35. The van der Waals surface area contributed by atoms with E-state index in [0.29, 0.717) is 6.54 Å². The highest BCUT2D eigenvalue weighted by molar-refractivity contribution is 7.17. The predicted molar refractivity (Wildman–Crippen MR) is 78.5 cm³/mol. The van der Waals surface area contributed by atoms with Gasteiger partial charge < -0.3 is 5.73 Å². The molecule has 5 heteroatoms. The van der Waals surface area contributed by atoms with Crippen LogP contribution in [0.4, 0.5) is 0 Å². The maximum atomic E-state index is 5.76. The molecule has 0 bridgehead atoms. The van der Waals surface area contributed by atoms with Crippen LogP contribution >= 0.6 is 11.3 Å². The van der Waals surface area contributed by atoms with Crippen molar-refractivity contribution in [3.63, 3.8) is 0 Å². The Labute approximate surface area is 115 Å². The van der Waals surface area contributed by atoms with Gasteiger partial charge in [0, 0.05) is 34.9 Å². The zero-order valence-electron chi connectivity index (χ0n) is 11.1. The summed E-state index contributed by atoms with van der Waals surface area (Å²) in [5, 5.41) is 0. The Bertz CT molecular complexity index is 712. The van der Waals surface area contributed by atoms with Gasteiger partial charge in [-0.1, -0.05) is 0 Å². The summed E-state index contributed by atoms with van der Waals surface area (Å²) in [6, 6.07) is 3.98. The highest BCUT2D eigenvalue weighted by atomic mass is 32.1. The molecule has 98 valence electrons. The number of rotatable bonds is 3. The van der Waals surface area contributed by atoms with Crippen LogP contribution in [0.2, 0.25) is 0 Å². The fourth-order valence-electron chi connectivity index (χ4n) is 2.32. The molecule has 0 amide bonds. The summed E-state index contributed by atoms with van der Waals surface area (Å²) in [5.41, 5.74) is 10.3. The summed E-state index contributed by atoms with van der Waals surface area (Å²) in [7, 11) is 0. The van der Waals surface area contributed by atoms with Crippen molar-refractivity contribution < 1.29 is 0 Å². The molecule has 3 aromatic heterocycles. The van der Waals surface area contributed by atoms with Crippen LogP contribution in [0, 0.1) is 13.8 Å². The van der Waals surface area contributed by atoms with Gasteiger partial charge in [-0.3, -0.25) is 9.38 Å². The Kier molecular flexibility index (Phi) is 3.08. The zero-order chi connectivity index (χ0) is 13.4. The largest absolute Gasteiger partial charge is 0.330 e. The van der Waals surface area contributed by atoms with Gasteiger partial charge in [-0.15, -0.1) is 11.3 Å². The lowest BCUT2D eigenvalue weighted by molar-refractivity contribution is 0.895. The maximum Gasteiger partial charge on any atom is 0.194 e. The Morgan fingerprint density at radius 2 is 2.21 bits per heavy atom. The van der Waals surface area contributed by atoms with Crippen LogP contribution in [-0.4, -0.2) is 20.9 Å².